The van der Waals surface area contributed by atoms with Crippen molar-refractivity contribution in [2.75, 3.05) is 11.5 Å². The molecule has 9 heteroatoms. The van der Waals surface area contributed by atoms with Crippen LogP contribution < -0.4 is 19.7 Å². The molecule has 2 N–H and O–H groups in total. The molecule has 3 rings (SSSR count). The number of benzene rings is 2. The van der Waals surface area contributed by atoms with Crippen molar-refractivity contribution in [3.8, 4) is 17.2 Å². The predicted octanol–water partition coefficient (Wildman–Crippen LogP) is 3.65. The third-order valence-electron chi connectivity index (χ3n) is 3.79. The largest absolute Gasteiger partial charge is 0.504 e. The maximum Gasteiger partial charge on any atom is 0.387 e. The van der Waals surface area contributed by atoms with Crippen molar-refractivity contribution < 1.29 is 28.2 Å². The molecule has 2 aromatic rings. The number of phenols is 1. The highest BCUT2D eigenvalue weighted by molar-refractivity contribution is 7.80. The summed E-state index contributed by atoms with van der Waals surface area (Å²) in [5, 5.41) is 12.8. The standard InChI is InChI=1S/C19H16F2N2O4S/c1-2-26-16-10-11(3-8-15(16)24)9-14-17(25)23(19(28)22-14)12-4-6-13(7-5-12)27-18(20)21/h3-10,18,24H,2H2,1H3,(H,22,28). The van der Waals surface area contributed by atoms with Crippen LogP contribution in [0.2, 0.25) is 0 Å². The molecule has 0 atom stereocenters. The summed E-state index contributed by atoms with van der Waals surface area (Å²) in [5.74, 6) is -0.125. The van der Waals surface area contributed by atoms with Crippen molar-refractivity contribution >= 4 is 35.0 Å². The first-order valence-corrected chi connectivity index (χ1v) is 8.67. The summed E-state index contributed by atoms with van der Waals surface area (Å²) in [6.45, 7) is -0.752. The molecule has 1 fully saturated rings. The van der Waals surface area contributed by atoms with E-state index in [0.29, 0.717) is 23.6 Å². The fraction of sp³-hybridized carbons (Fsp3) is 0.158. The van der Waals surface area contributed by atoms with Crippen molar-refractivity contribution in [2.24, 2.45) is 0 Å². The van der Waals surface area contributed by atoms with E-state index in [0.717, 1.165) is 0 Å². The average Bonchev–Trinajstić information content (AvgIpc) is 2.92. The third-order valence-corrected chi connectivity index (χ3v) is 4.08. The molecule has 2 aromatic carbocycles. The van der Waals surface area contributed by atoms with Crippen LogP contribution in [0.5, 0.6) is 17.2 Å². The summed E-state index contributed by atoms with van der Waals surface area (Å²) in [6, 6.07) is 10.3. The van der Waals surface area contributed by atoms with E-state index in [1.165, 1.54) is 35.2 Å². The molecule has 0 unspecified atom stereocenters. The molecule has 1 saturated heterocycles. The minimum absolute atomic E-state index is 0.00189. The third kappa shape index (κ3) is 4.20. The van der Waals surface area contributed by atoms with Gasteiger partial charge >= 0.3 is 6.61 Å². The minimum atomic E-state index is -2.93. The first-order chi connectivity index (χ1) is 13.4. The van der Waals surface area contributed by atoms with Crippen LogP contribution in [0.15, 0.2) is 48.2 Å². The number of carbonyl (C=O) groups excluding carboxylic acids is 1. The van der Waals surface area contributed by atoms with E-state index < -0.39 is 12.5 Å². The van der Waals surface area contributed by atoms with E-state index in [2.05, 4.69) is 10.1 Å². The molecule has 6 nitrogen and oxygen atoms in total. The second kappa shape index (κ2) is 8.22. The molecule has 0 saturated carbocycles. The van der Waals surface area contributed by atoms with Gasteiger partial charge in [-0.2, -0.15) is 8.78 Å². The number of thiocarbonyl (C=S) groups is 1. The Morgan fingerprint density at radius 3 is 2.61 bits per heavy atom. The van der Waals surface area contributed by atoms with Gasteiger partial charge in [0.05, 0.1) is 12.3 Å². The first kappa shape index (κ1) is 19.6. The Morgan fingerprint density at radius 2 is 1.96 bits per heavy atom. The van der Waals surface area contributed by atoms with Gasteiger partial charge in [-0.25, -0.2) is 0 Å². The summed E-state index contributed by atoms with van der Waals surface area (Å²) in [5.41, 5.74) is 1.27. The van der Waals surface area contributed by atoms with Gasteiger partial charge in [-0.3, -0.25) is 9.69 Å². The molecule has 1 heterocycles. The zero-order chi connectivity index (χ0) is 20.3. The van der Waals surface area contributed by atoms with Gasteiger partial charge in [-0.05, 0) is 67.2 Å². The highest BCUT2D eigenvalue weighted by Crippen LogP contribution is 2.29. The van der Waals surface area contributed by atoms with Gasteiger partial charge in [0.15, 0.2) is 16.6 Å². The number of ether oxygens (including phenoxy) is 2. The number of carbonyl (C=O) groups is 1. The van der Waals surface area contributed by atoms with E-state index in [1.807, 2.05) is 0 Å². The molecular weight excluding hydrogens is 390 g/mol. The monoisotopic (exact) mass is 406 g/mol. The van der Waals surface area contributed by atoms with Crippen LogP contribution >= 0.6 is 12.2 Å². The molecule has 28 heavy (non-hydrogen) atoms. The maximum absolute atomic E-state index is 12.7. The predicted molar refractivity (Wildman–Crippen MR) is 104 cm³/mol. The summed E-state index contributed by atoms with van der Waals surface area (Å²) in [7, 11) is 0. The Bertz CT molecular complexity index is 932. The Kier molecular flexibility index (Phi) is 5.74. The lowest BCUT2D eigenvalue weighted by Crippen LogP contribution is -2.30. The number of hydrogen-bond acceptors (Lipinski definition) is 5. The number of nitrogens with one attached hydrogen (secondary N) is 1. The molecule has 0 bridgehead atoms. The van der Waals surface area contributed by atoms with Gasteiger partial charge in [0.25, 0.3) is 5.91 Å². The van der Waals surface area contributed by atoms with Crippen molar-refractivity contribution in [1.29, 1.82) is 0 Å². The van der Waals surface area contributed by atoms with E-state index in [-0.39, 0.29) is 22.3 Å². The smallest absolute Gasteiger partial charge is 0.387 e. The molecule has 0 aliphatic carbocycles. The molecule has 0 radical (unpaired) electrons. The fourth-order valence-corrected chi connectivity index (χ4v) is 2.90. The topological polar surface area (TPSA) is 71.0 Å². The first-order valence-electron chi connectivity index (χ1n) is 8.27. The number of anilines is 1. The van der Waals surface area contributed by atoms with E-state index in [4.69, 9.17) is 17.0 Å². The molecule has 1 aliphatic heterocycles. The molecule has 1 amide bonds. The summed E-state index contributed by atoms with van der Waals surface area (Å²) in [6.07, 6.45) is 1.57. The highest BCUT2D eigenvalue weighted by Gasteiger charge is 2.32. The Labute approximate surface area is 165 Å². The van der Waals surface area contributed by atoms with E-state index in [1.54, 1.807) is 25.1 Å². The molecular formula is C19H16F2N2O4S. The molecule has 0 aromatic heterocycles. The minimum Gasteiger partial charge on any atom is -0.504 e. The Morgan fingerprint density at radius 1 is 1.25 bits per heavy atom. The summed E-state index contributed by atoms with van der Waals surface area (Å²) >= 11 is 5.22. The zero-order valence-electron chi connectivity index (χ0n) is 14.7. The van der Waals surface area contributed by atoms with Gasteiger partial charge in [0.1, 0.15) is 11.4 Å². The summed E-state index contributed by atoms with van der Waals surface area (Å²) in [4.78, 5) is 14.0. The lowest BCUT2D eigenvalue weighted by molar-refractivity contribution is -0.113. The van der Waals surface area contributed by atoms with Crippen LogP contribution in [0, 0.1) is 0 Å². The van der Waals surface area contributed by atoms with Gasteiger partial charge in [-0.15, -0.1) is 0 Å². The number of aromatic hydroxyl groups is 1. The SMILES string of the molecule is CCOc1cc(C=C2NC(=S)N(c3ccc(OC(F)F)cc3)C2=O)ccc1O. The van der Waals surface area contributed by atoms with Crippen LogP contribution in [0.3, 0.4) is 0 Å². The van der Waals surface area contributed by atoms with Gasteiger partial charge in [0, 0.05) is 0 Å². The highest BCUT2D eigenvalue weighted by atomic mass is 32.1. The van der Waals surface area contributed by atoms with Crippen molar-refractivity contribution in [3.05, 3.63) is 53.7 Å². The van der Waals surface area contributed by atoms with Crippen LogP contribution in [0.25, 0.3) is 6.08 Å². The van der Waals surface area contributed by atoms with E-state index in [9.17, 15) is 18.7 Å². The number of phenolic OH excluding ortho intramolecular Hbond substituents is 1. The molecule has 1 aliphatic rings. The quantitative estimate of drug-likeness (QED) is 0.564. The summed E-state index contributed by atoms with van der Waals surface area (Å²) < 4.78 is 34.1. The van der Waals surface area contributed by atoms with Crippen molar-refractivity contribution in [2.45, 2.75) is 13.5 Å². The zero-order valence-corrected chi connectivity index (χ0v) is 15.5. The Hall–Kier alpha value is -3.20. The van der Waals surface area contributed by atoms with Gasteiger partial charge in [0.2, 0.25) is 0 Å². The van der Waals surface area contributed by atoms with Crippen LogP contribution in [0.1, 0.15) is 12.5 Å². The Balaban J connectivity index is 1.83. The number of alkyl halides is 2. The van der Waals surface area contributed by atoms with Crippen LogP contribution in [-0.4, -0.2) is 29.3 Å². The van der Waals surface area contributed by atoms with Crippen molar-refractivity contribution in [3.63, 3.8) is 0 Å². The molecule has 0 spiro atoms. The number of amides is 1. The number of rotatable bonds is 6. The second-order valence-electron chi connectivity index (χ2n) is 5.66. The van der Waals surface area contributed by atoms with Gasteiger partial charge < -0.3 is 19.9 Å². The average molecular weight is 406 g/mol. The van der Waals surface area contributed by atoms with Crippen LogP contribution in [0.4, 0.5) is 14.5 Å². The number of nitrogens with zero attached hydrogens (tertiary/aromatic N) is 1. The van der Waals surface area contributed by atoms with E-state index >= 15 is 0 Å². The normalized spacial score (nSPS) is 15.3. The second-order valence-corrected chi connectivity index (χ2v) is 6.05. The molecule has 146 valence electrons. The van der Waals surface area contributed by atoms with Crippen LogP contribution in [-0.2, 0) is 4.79 Å². The van der Waals surface area contributed by atoms with Gasteiger partial charge in [-0.1, -0.05) is 6.07 Å². The fourth-order valence-electron chi connectivity index (χ4n) is 2.60. The van der Waals surface area contributed by atoms with Crippen molar-refractivity contribution in [1.82, 2.24) is 5.32 Å². The number of halogens is 2. The number of hydrogen-bond donors (Lipinski definition) is 2. The maximum atomic E-state index is 12.7. The lowest BCUT2D eigenvalue weighted by Gasteiger charge is -2.14. The lowest BCUT2D eigenvalue weighted by atomic mass is 10.1.